The number of rotatable bonds is 5. The molecule has 0 saturated carbocycles. The first-order chi connectivity index (χ1) is 11.5. The molecule has 0 atom stereocenters. The van der Waals surface area contributed by atoms with Crippen LogP contribution in [0.3, 0.4) is 0 Å². The summed E-state index contributed by atoms with van der Waals surface area (Å²) in [6.07, 6.45) is 0. The molecule has 0 aliphatic rings. The second-order valence-corrected chi connectivity index (χ2v) is 6.51. The van der Waals surface area contributed by atoms with Crippen LogP contribution >= 0.6 is 11.3 Å². The van der Waals surface area contributed by atoms with E-state index in [1.807, 2.05) is 38.1 Å². The number of hydrogen-bond acceptors (Lipinski definition) is 5. The number of hydrogen-bond donors (Lipinski definition) is 1. The summed E-state index contributed by atoms with van der Waals surface area (Å²) in [4.78, 5) is 16.5. The van der Waals surface area contributed by atoms with Crippen LogP contribution in [0.4, 0.5) is 5.13 Å². The average Bonchev–Trinajstić information content (AvgIpc) is 2.94. The number of ether oxygens (including phenoxy) is 2. The van der Waals surface area contributed by atoms with Crippen LogP contribution < -0.4 is 14.8 Å². The zero-order chi connectivity index (χ0) is 17.1. The average molecular weight is 342 g/mol. The van der Waals surface area contributed by atoms with Crippen LogP contribution in [0.2, 0.25) is 0 Å². The number of carbonyl (C=O) groups excluding carboxylic acids is 1. The summed E-state index contributed by atoms with van der Waals surface area (Å²) < 4.78 is 11.9. The quantitative estimate of drug-likeness (QED) is 0.763. The summed E-state index contributed by atoms with van der Waals surface area (Å²) in [6.45, 7) is 3.89. The molecule has 1 heterocycles. The van der Waals surface area contributed by atoms with E-state index < -0.39 is 0 Å². The molecule has 0 unspecified atom stereocenters. The largest absolute Gasteiger partial charge is 0.493 e. The van der Waals surface area contributed by atoms with Gasteiger partial charge in [0.2, 0.25) is 0 Å². The molecule has 0 aliphatic carbocycles. The van der Waals surface area contributed by atoms with Crippen molar-refractivity contribution in [3.05, 3.63) is 47.5 Å². The maximum Gasteiger partial charge on any atom is 0.264 e. The molecule has 0 saturated heterocycles. The maximum atomic E-state index is 12.1. The van der Waals surface area contributed by atoms with Crippen molar-refractivity contribution in [3.63, 3.8) is 0 Å². The van der Waals surface area contributed by atoms with Crippen molar-refractivity contribution in [3.8, 4) is 11.5 Å². The molecule has 124 valence electrons. The molecule has 0 aliphatic heterocycles. The molecule has 0 spiro atoms. The number of fused-ring (bicyclic) bond motifs is 1. The summed E-state index contributed by atoms with van der Waals surface area (Å²) in [5.41, 5.74) is 3.11. The third-order valence-corrected chi connectivity index (χ3v) is 4.40. The Labute approximate surface area is 144 Å². The number of amides is 1. The maximum absolute atomic E-state index is 12.1. The van der Waals surface area contributed by atoms with Gasteiger partial charge in [-0.3, -0.25) is 10.1 Å². The normalized spacial score (nSPS) is 10.6. The van der Waals surface area contributed by atoms with E-state index in [1.54, 1.807) is 13.2 Å². The summed E-state index contributed by atoms with van der Waals surface area (Å²) in [5.74, 6) is 0.893. The number of nitrogens with zero attached hydrogens (tertiary/aromatic N) is 1. The van der Waals surface area contributed by atoms with Crippen molar-refractivity contribution in [1.29, 1.82) is 0 Å². The Morgan fingerprint density at radius 2 is 1.88 bits per heavy atom. The van der Waals surface area contributed by atoms with E-state index in [2.05, 4.69) is 16.4 Å². The van der Waals surface area contributed by atoms with Crippen molar-refractivity contribution >= 4 is 32.6 Å². The fraction of sp³-hybridized carbons (Fsp3) is 0.222. The van der Waals surface area contributed by atoms with Crippen LogP contribution in [0.15, 0.2) is 36.4 Å². The molecule has 3 rings (SSSR count). The van der Waals surface area contributed by atoms with Gasteiger partial charge in [-0.15, -0.1) is 0 Å². The molecule has 1 aromatic heterocycles. The minimum Gasteiger partial charge on any atom is -0.493 e. The van der Waals surface area contributed by atoms with Gasteiger partial charge in [-0.05, 0) is 49.2 Å². The fourth-order valence-corrected chi connectivity index (χ4v) is 3.26. The summed E-state index contributed by atoms with van der Waals surface area (Å²) in [6, 6.07) is 11.6. The Hall–Kier alpha value is -2.60. The van der Waals surface area contributed by atoms with E-state index in [0.717, 1.165) is 15.8 Å². The highest BCUT2D eigenvalue weighted by Gasteiger charge is 2.11. The molecule has 0 fully saturated rings. The highest BCUT2D eigenvalue weighted by molar-refractivity contribution is 7.22. The number of benzene rings is 2. The predicted molar refractivity (Wildman–Crippen MR) is 96.2 cm³/mol. The van der Waals surface area contributed by atoms with Crippen LogP contribution in [0, 0.1) is 13.8 Å². The third-order valence-electron chi connectivity index (χ3n) is 3.47. The van der Waals surface area contributed by atoms with Crippen molar-refractivity contribution in [1.82, 2.24) is 4.98 Å². The van der Waals surface area contributed by atoms with E-state index in [0.29, 0.717) is 16.6 Å². The molecular weight excluding hydrogens is 324 g/mol. The molecule has 2 aromatic carbocycles. The van der Waals surface area contributed by atoms with E-state index >= 15 is 0 Å². The highest BCUT2D eigenvalue weighted by Crippen LogP contribution is 2.28. The van der Waals surface area contributed by atoms with Crippen LogP contribution in [0.25, 0.3) is 10.2 Å². The van der Waals surface area contributed by atoms with E-state index in [-0.39, 0.29) is 12.5 Å². The minimum atomic E-state index is -0.256. The monoisotopic (exact) mass is 342 g/mol. The van der Waals surface area contributed by atoms with Crippen LogP contribution in [0.1, 0.15) is 11.1 Å². The lowest BCUT2D eigenvalue weighted by atomic mass is 10.2. The van der Waals surface area contributed by atoms with Crippen molar-refractivity contribution in [2.45, 2.75) is 13.8 Å². The fourth-order valence-electron chi connectivity index (χ4n) is 2.28. The van der Waals surface area contributed by atoms with Crippen LogP contribution in [-0.4, -0.2) is 24.6 Å². The van der Waals surface area contributed by atoms with Gasteiger partial charge >= 0.3 is 0 Å². The van der Waals surface area contributed by atoms with Crippen molar-refractivity contribution < 1.29 is 14.3 Å². The molecule has 0 bridgehead atoms. The zero-order valence-corrected chi connectivity index (χ0v) is 14.6. The lowest BCUT2D eigenvalue weighted by Crippen LogP contribution is -2.20. The molecule has 1 amide bonds. The lowest BCUT2D eigenvalue weighted by Gasteiger charge is -2.10. The smallest absolute Gasteiger partial charge is 0.264 e. The number of thiazole rings is 1. The van der Waals surface area contributed by atoms with E-state index in [1.165, 1.54) is 16.9 Å². The minimum absolute atomic E-state index is 0.103. The van der Waals surface area contributed by atoms with Gasteiger partial charge in [0.15, 0.2) is 23.2 Å². The number of aryl methyl sites for hydroxylation is 2. The zero-order valence-electron chi connectivity index (χ0n) is 13.8. The molecule has 24 heavy (non-hydrogen) atoms. The molecule has 5 nitrogen and oxygen atoms in total. The van der Waals surface area contributed by atoms with Gasteiger partial charge in [-0.25, -0.2) is 4.98 Å². The van der Waals surface area contributed by atoms with Crippen molar-refractivity contribution in [2.24, 2.45) is 0 Å². The van der Waals surface area contributed by atoms with Gasteiger partial charge in [0.05, 0.1) is 17.3 Å². The standard InChI is InChI=1S/C18H18N2O3S/c1-11-5-7-14(15(8-11)22-3)23-10-17(21)20-18-19-13-6-4-12(2)9-16(13)24-18/h4-9H,10H2,1-3H3,(H,19,20,21). The van der Waals surface area contributed by atoms with Crippen molar-refractivity contribution in [2.75, 3.05) is 19.0 Å². The highest BCUT2D eigenvalue weighted by atomic mass is 32.1. The Balaban J connectivity index is 1.64. The van der Waals surface area contributed by atoms with Gasteiger partial charge in [0.1, 0.15) is 0 Å². The van der Waals surface area contributed by atoms with Gasteiger partial charge < -0.3 is 9.47 Å². The third kappa shape index (κ3) is 3.65. The second kappa shape index (κ2) is 6.88. The first kappa shape index (κ1) is 16.3. The number of methoxy groups -OCH3 is 1. The summed E-state index contributed by atoms with van der Waals surface area (Å²) in [5, 5.41) is 3.34. The summed E-state index contributed by atoms with van der Waals surface area (Å²) in [7, 11) is 1.57. The molecule has 3 aromatic rings. The Bertz CT molecular complexity index is 889. The Morgan fingerprint density at radius 1 is 1.12 bits per heavy atom. The number of aromatic nitrogens is 1. The number of nitrogens with one attached hydrogen (secondary N) is 1. The molecule has 6 heteroatoms. The van der Waals surface area contributed by atoms with Crippen LogP contribution in [0.5, 0.6) is 11.5 Å². The molecular formula is C18H18N2O3S. The first-order valence-corrected chi connectivity index (χ1v) is 8.31. The molecule has 1 N–H and O–H groups in total. The van der Waals surface area contributed by atoms with Gasteiger partial charge in [-0.1, -0.05) is 23.5 Å². The van der Waals surface area contributed by atoms with Gasteiger partial charge in [0.25, 0.3) is 5.91 Å². The van der Waals surface area contributed by atoms with Gasteiger partial charge in [-0.2, -0.15) is 0 Å². The van der Waals surface area contributed by atoms with Crippen LogP contribution in [-0.2, 0) is 4.79 Å². The summed E-state index contributed by atoms with van der Waals surface area (Å²) >= 11 is 1.45. The Kier molecular flexibility index (Phi) is 4.66. The number of carbonyl (C=O) groups is 1. The second-order valence-electron chi connectivity index (χ2n) is 5.48. The SMILES string of the molecule is COc1cc(C)ccc1OCC(=O)Nc1nc2ccc(C)cc2s1. The number of anilines is 1. The lowest BCUT2D eigenvalue weighted by molar-refractivity contribution is -0.118. The topological polar surface area (TPSA) is 60.5 Å². The molecule has 0 radical (unpaired) electrons. The Morgan fingerprint density at radius 3 is 2.67 bits per heavy atom. The predicted octanol–water partition coefficient (Wildman–Crippen LogP) is 3.94. The van der Waals surface area contributed by atoms with Gasteiger partial charge in [0, 0.05) is 0 Å². The first-order valence-electron chi connectivity index (χ1n) is 7.49. The van der Waals surface area contributed by atoms with E-state index in [4.69, 9.17) is 9.47 Å². The van der Waals surface area contributed by atoms with E-state index in [9.17, 15) is 4.79 Å².